The van der Waals surface area contributed by atoms with E-state index in [-0.39, 0.29) is 17.5 Å². The molecule has 1 aliphatic heterocycles. The molecule has 0 amide bonds. The molecule has 4 nitrogen and oxygen atoms in total. The third kappa shape index (κ3) is 3.43. The van der Waals surface area contributed by atoms with Crippen LogP contribution in [-0.2, 0) is 14.8 Å². The second-order valence-electron chi connectivity index (χ2n) is 5.15. The molecule has 2 rings (SSSR count). The quantitative estimate of drug-likeness (QED) is 0.853. The molecule has 0 spiro atoms. The topological polar surface area (TPSA) is 54.5 Å². The Labute approximate surface area is 118 Å². The molecule has 0 N–H and O–H groups in total. The summed E-state index contributed by atoms with van der Waals surface area (Å²) >= 11 is 0. The maximum atomic E-state index is 13.7. The Morgan fingerprint density at radius 1 is 1.30 bits per heavy atom. The van der Waals surface area contributed by atoms with Crippen molar-refractivity contribution < 1.29 is 17.6 Å². The van der Waals surface area contributed by atoms with Crippen LogP contribution in [0.4, 0.5) is 4.39 Å². The number of piperidine rings is 1. The molecule has 1 saturated heterocycles. The Bertz CT molecular complexity index is 592. The molecule has 1 aromatic carbocycles. The van der Waals surface area contributed by atoms with Crippen LogP contribution in [0.25, 0.3) is 0 Å². The van der Waals surface area contributed by atoms with Gasteiger partial charge in [0.15, 0.2) is 0 Å². The summed E-state index contributed by atoms with van der Waals surface area (Å²) in [6.45, 7) is 1.95. The minimum atomic E-state index is -3.51. The zero-order valence-electron chi connectivity index (χ0n) is 11.4. The average Bonchev–Trinajstić information content (AvgIpc) is 2.38. The van der Waals surface area contributed by atoms with Gasteiger partial charge >= 0.3 is 0 Å². The molecular weight excluding hydrogens is 281 g/mol. The number of carbonyl (C=O) groups is 1. The Kier molecular flexibility index (Phi) is 4.55. The van der Waals surface area contributed by atoms with E-state index in [0.29, 0.717) is 31.5 Å². The fourth-order valence-corrected chi connectivity index (χ4v) is 4.06. The number of benzene rings is 1. The van der Waals surface area contributed by atoms with Gasteiger partial charge in [0.1, 0.15) is 17.4 Å². The van der Waals surface area contributed by atoms with E-state index in [4.69, 9.17) is 0 Å². The number of rotatable bonds is 4. The van der Waals surface area contributed by atoms with Crippen molar-refractivity contribution in [2.45, 2.75) is 25.7 Å². The number of halogens is 1. The Morgan fingerprint density at radius 2 is 1.90 bits per heavy atom. The first kappa shape index (κ1) is 15.1. The Hall–Kier alpha value is -1.27. The van der Waals surface area contributed by atoms with Gasteiger partial charge in [0.2, 0.25) is 10.0 Å². The van der Waals surface area contributed by atoms with E-state index < -0.39 is 15.8 Å². The Morgan fingerprint density at radius 3 is 2.45 bits per heavy atom. The van der Waals surface area contributed by atoms with Crippen molar-refractivity contribution in [3.63, 3.8) is 0 Å². The second kappa shape index (κ2) is 6.01. The summed E-state index contributed by atoms with van der Waals surface area (Å²) in [4.78, 5) is 11.0. The number of carbonyl (C=O) groups excluding carboxylic acids is 1. The van der Waals surface area contributed by atoms with Crippen LogP contribution >= 0.6 is 0 Å². The minimum absolute atomic E-state index is 0.0416. The summed E-state index contributed by atoms with van der Waals surface area (Å²) in [7, 11) is -3.51. The van der Waals surface area contributed by atoms with E-state index in [1.165, 1.54) is 17.3 Å². The van der Waals surface area contributed by atoms with Gasteiger partial charge in [-0.25, -0.2) is 17.1 Å². The van der Waals surface area contributed by atoms with Crippen LogP contribution in [0.3, 0.4) is 0 Å². The molecule has 6 heteroatoms. The molecule has 20 heavy (non-hydrogen) atoms. The third-order valence-corrected chi connectivity index (χ3v) is 5.50. The smallest absolute Gasteiger partial charge is 0.221 e. The van der Waals surface area contributed by atoms with E-state index in [2.05, 4.69) is 0 Å². The summed E-state index contributed by atoms with van der Waals surface area (Å²) in [5.74, 6) is -1.00. The maximum Gasteiger partial charge on any atom is 0.221 e. The van der Waals surface area contributed by atoms with Crippen molar-refractivity contribution in [3.05, 3.63) is 35.6 Å². The van der Waals surface area contributed by atoms with E-state index in [0.717, 1.165) is 0 Å². The molecular formula is C14H18FNO3S. The molecule has 1 aromatic rings. The van der Waals surface area contributed by atoms with Crippen molar-refractivity contribution in [2.24, 2.45) is 0 Å². The third-order valence-electron chi connectivity index (χ3n) is 3.58. The highest BCUT2D eigenvalue weighted by molar-refractivity contribution is 7.89. The van der Waals surface area contributed by atoms with Crippen LogP contribution < -0.4 is 0 Å². The van der Waals surface area contributed by atoms with Crippen LogP contribution in [-0.4, -0.2) is 37.3 Å². The summed E-state index contributed by atoms with van der Waals surface area (Å²) in [5, 5.41) is 0. The van der Waals surface area contributed by atoms with Crippen LogP contribution in [0, 0.1) is 5.82 Å². The first-order valence-corrected chi connectivity index (χ1v) is 8.23. The predicted molar refractivity (Wildman–Crippen MR) is 74.4 cm³/mol. The van der Waals surface area contributed by atoms with Crippen molar-refractivity contribution in [2.75, 3.05) is 18.8 Å². The van der Waals surface area contributed by atoms with Gasteiger partial charge in [0.25, 0.3) is 0 Å². The lowest BCUT2D eigenvalue weighted by molar-refractivity contribution is -0.114. The van der Waals surface area contributed by atoms with Gasteiger partial charge in [-0.1, -0.05) is 18.2 Å². The molecule has 1 aliphatic rings. The number of sulfonamides is 1. The normalized spacial score (nSPS) is 18.1. The fraction of sp³-hybridized carbons (Fsp3) is 0.500. The monoisotopic (exact) mass is 299 g/mol. The van der Waals surface area contributed by atoms with Gasteiger partial charge in [0.05, 0.1) is 0 Å². The molecule has 0 aliphatic carbocycles. The van der Waals surface area contributed by atoms with Gasteiger partial charge in [-0.15, -0.1) is 0 Å². The number of ketones is 1. The molecule has 0 unspecified atom stereocenters. The van der Waals surface area contributed by atoms with E-state index in [1.54, 1.807) is 18.2 Å². The van der Waals surface area contributed by atoms with Crippen molar-refractivity contribution in [3.8, 4) is 0 Å². The van der Waals surface area contributed by atoms with Crippen molar-refractivity contribution in [1.29, 1.82) is 0 Å². The first-order chi connectivity index (χ1) is 9.40. The van der Waals surface area contributed by atoms with Gasteiger partial charge in [-0.2, -0.15) is 0 Å². The number of Topliss-reactive ketones (excluding diaryl/α,β-unsaturated/α-hetero) is 1. The highest BCUT2D eigenvalue weighted by Gasteiger charge is 2.30. The zero-order chi connectivity index (χ0) is 14.8. The summed E-state index contributed by atoms with van der Waals surface area (Å²) < 4.78 is 38.9. The van der Waals surface area contributed by atoms with Gasteiger partial charge in [0, 0.05) is 13.1 Å². The average molecular weight is 299 g/mol. The van der Waals surface area contributed by atoms with E-state index in [9.17, 15) is 17.6 Å². The number of nitrogens with zero attached hydrogens (tertiary/aromatic N) is 1. The lowest BCUT2D eigenvalue weighted by atomic mass is 9.90. The summed E-state index contributed by atoms with van der Waals surface area (Å²) in [5.41, 5.74) is 0.649. The molecule has 1 heterocycles. The molecule has 0 saturated carbocycles. The van der Waals surface area contributed by atoms with Crippen molar-refractivity contribution >= 4 is 15.8 Å². The van der Waals surface area contributed by atoms with Crippen LogP contribution in [0.15, 0.2) is 24.3 Å². The molecule has 1 fully saturated rings. The number of hydrogen-bond acceptors (Lipinski definition) is 3. The number of hydrogen-bond donors (Lipinski definition) is 0. The van der Waals surface area contributed by atoms with Crippen LogP contribution in [0.1, 0.15) is 31.2 Å². The highest BCUT2D eigenvalue weighted by Crippen LogP contribution is 2.30. The van der Waals surface area contributed by atoms with Gasteiger partial charge < -0.3 is 0 Å². The van der Waals surface area contributed by atoms with E-state index in [1.807, 2.05) is 0 Å². The standard InChI is InChI=1S/C14H18FNO3S/c1-11(17)10-20(18,19)16-8-6-12(7-9-16)13-4-2-3-5-14(13)15/h2-5,12H,6-10H2,1H3. The zero-order valence-corrected chi connectivity index (χ0v) is 12.2. The highest BCUT2D eigenvalue weighted by atomic mass is 32.2. The molecule has 0 aromatic heterocycles. The summed E-state index contributed by atoms with van der Waals surface area (Å²) in [6.07, 6.45) is 1.16. The second-order valence-corrected chi connectivity index (χ2v) is 7.12. The molecule has 110 valence electrons. The Balaban J connectivity index is 2.03. The molecule has 0 radical (unpaired) electrons. The van der Waals surface area contributed by atoms with Gasteiger partial charge in [-0.05, 0) is 37.3 Å². The van der Waals surface area contributed by atoms with Crippen molar-refractivity contribution in [1.82, 2.24) is 4.31 Å². The van der Waals surface area contributed by atoms with Crippen LogP contribution in [0.2, 0.25) is 0 Å². The lowest BCUT2D eigenvalue weighted by Crippen LogP contribution is -2.40. The van der Waals surface area contributed by atoms with E-state index >= 15 is 0 Å². The molecule has 0 bridgehead atoms. The largest absolute Gasteiger partial charge is 0.299 e. The lowest BCUT2D eigenvalue weighted by Gasteiger charge is -2.31. The first-order valence-electron chi connectivity index (χ1n) is 6.62. The minimum Gasteiger partial charge on any atom is -0.299 e. The molecule has 0 atom stereocenters. The predicted octanol–water partition coefficient (Wildman–Crippen LogP) is 1.92. The fourth-order valence-electron chi connectivity index (χ4n) is 2.60. The maximum absolute atomic E-state index is 13.7. The van der Waals surface area contributed by atoms with Crippen LogP contribution in [0.5, 0.6) is 0 Å². The van der Waals surface area contributed by atoms with Gasteiger partial charge in [-0.3, -0.25) is 4.79 Å². The SMILES string of the molecule is CC(=O)CS(=O)(=O)N1CCC(c2ccccc2F)CC1. The summed E-state index contributed by atoms with van der Waals surface area (Å²) in [6, 6.07) is 6.61.